The normalized spacial score (nSPS) is 17.4. The van der Waals surface area contributed by atoms with Crippen LogP contribution in [0.5, 0.6) is 0 Å². The molecule has 8 heteroatoms. The van der Waals surface area contributed by atoms with Gasteiger partial charge in [-0.2, -0.15) is 4.31 Å². The van der Waals surface area contributed by atoms with Crippen molar-refractivity contribution in [2.45, 2.75) is 37.6 Å². The fraction of sp³-hybridized carbons (Fsp3) is 0.286. The molecule has 0 aliphatic carbocycles. The van der Waals surface area contributed by atoms with Crippen molar-refractivity contribution in [3.05, 3.63) is 71.8 Å². The van der Waals surface area contributed by atoms with Gasteiger partial charge in [0.15, 0.2) is 0 Å². The van der Waals surface area contributed by atoms with Crippen LogP contribution in [0.2, 0.25) is 0 Å². The van der Waals surface area contributed by atoms with Gasteiger partial charge in [0, 0.05) is 12.7 Å². The van der Waals surface area contributed by atoms with Gasteiger partial charge >= 0.3 is 0 Å². The van der Waals surface area contributed by atoms with E-state index in [1.807, 2.05) is 38.1 Å². The van der Waals surface area contributed by atoms with E-state index in [4.69, 9.17) is 0 Å². The molecule has 3 aromatic rings. The molecular weight excluding hydrogens is 386 g/mol. The summed E-state index contributed by atoms with van der Waals surface area (Å²) in [5.74, 6) is 1.20. The third-order valence-electron chi connectivity index (χ3n) is 5.20. The van der Waals surface area contributed by atoms with Gasteiger partial charge in [0.05, 0.1) is 29.0 Å². The van der Waals surface area contributed by atoms with Crippen molar-refractivity contribution in [3.63, 3.8) is 0 Å². The number of hydrogen-bond donors (Lipinski definition) is 1. The first kappa shape index (κ1) is 19.5. The molecule has 0 saturated carbocycles. The Labute approximate surface area is 170 Å². The summed E-state index contributed by atoms with van der Waals surface area (Å²) in [6, 6.07) is 10.5. The third-order valence-corrected chi connectivity index (χ3v) is 7.11. The summed E-state index contributed by atoms with van der Waals surface area (Å²) in [5, 5.41) is 3.11. The summed E-state index contributed by atoms with van der Waals surface area (Å²) in [7, 11) is -3.61. The molecule has 3 heterocycles. The van der Waals surface area contributed by atoms with Gasteiger partial charge in [-0.05, 0) is 62.1 Å². The zero-order valence-electron chi connectivity index (χ0n) is 16.4. The highest BCUT2D eigenvalue weighted by Gasteiger charge is 2.37. The fourth-order valence-corrected chi connectivity index (χ4v) is 5.26. The molecule has 0 spiro atoms. The average Bonchev–Trinajstić information content (AvgIpc) is 3.22. The number of aryl methyl sites for hydroxylation is 2. The maximum atomic E-state index is 13.3. The van der Waals surface area contributed by atoms with E-state index in [2.05, 4.69) is 20.3 Å². The molecule has 0 radical (unpaired) electrons. The zero-order valence-corrected chi connectivity index (χ0v) is 17.2. The van der Waals surface area contributed by atoms with Crippen LogP contribution in [0.3, 0.4) is 0 Å². The minimum atomic E-state index is -3.61. The SMILES string of the molecule is Cc1ccc(S(=O)(=O)N2CCC[C@H]2c2cncc(Nc3ccccn3)n2)cc1C. The van der Waals surface area contributed by atoms with Gasteiger partial charge < -0.3 is 5.32 Å². The van der Waals surface area contributed by atoms with Crippen molar-refractivity contribution in [1.29, 1.82) is 0 Å². The molecule has 1 atom stereocenters. The number of hydrogen-bond acceptors (Lipinski definition) is 6. The maximum absolute atomic E-state index is 13.3. The van der Waals surface area contributed by atoms with Crippen LogP contribution in [0, 0.1) is 13.8 Å². The van der Waals surface area contributed by atoms with Crippen LogP contribution in [0.1, 0.15) is 35.7 Å². The highest BCUT2D eigenvalue weighted by atomic mass is 32.2. The second-order valence-electron chi connectivity index (χ2n) is 7.19. The van der Waals surface area contributed by atoms with E-state index >= 15 is 0 Å². The smallest absolute Gasteiger partial charge is 0.243 e. The van der Waals surface area contributed by atoms with E-state index in [0.717, 1.165) is 17.5 Å². The first-order valence-electron chi connectivity index (χ1n) is 9.54. The molecule has 1 aliphatic rings. The van der Waals surface area contributed by atoms with Crippen molar-refractivity contribution in [2.75, 3.05) is 11.9 Å². The predicted octanol–water partition coefficient (Wildman–Crippen LogP) is 3.76. The zero-order chi connectivity index (χ0) is 20.4. The van der Waals surface area contributed by atoms with E-state index < -0.39 is 10.0 Å². The van der Waals surface area contributed by atoms with Gasteiger partial charge in [-0.3, -0.25) is 4.98 Å². The van der Waals surface area contributed by atoms with Crippen molar-refractivity contribution in [1.82, 2.24) is 19.3 Å². The summed E-state index contributed by atoms with van der Waals surface area (Å²) in [6.45, 7) is 4.37. The third kappa shape index (κ3) is 3.99. The quantitative estimate of drug-likeness (QED) is 0.690. The standard InChI is InChI=1S/C21H23N5O2S/c1-15-8-9-17(12-16(15)2)29(27,28)26-11-5-6-19(26)18-13-22-14-21(24-18)25-20-7-3-4-10-23-20/h3-4,7-10,12-14,19H,5-6,11H2,1-2H3,(H,23,24,25)/t19-/m0/s1. The van der Waals surface area contributed by atoms with E-state index in [-0.39, 0.29) is 6.04 Å². The molecule has 1 N–H and O–H groups in total. The van der Waals surface area contributed by atoms with Crippen LogP contribution >= 0.6 is 0 Å². The second kappa shape index (κ2) is 7.88. The molecule has 0 amide bonds. The lowest BCUT2D eigenvalue weighted by molar-refractivity contribution is 0.390. The Bertz CT molecular complexity index is 1120. The first-order valence-corrected chi connectivity index (χ1v) is 11.0. The van der Waals surface area contributed by atoms with Gasteiger partial charge in [0.1, 0.15) is 11.6 Å². The first-order chi connectivity index (χ1) is 13.9. The minimum Gasteiger partial charge on any atom is -0.324 e. The molecule has 1 saturated heterocycles. The molecule has 29 heavy (non-hydrogen) atoms. The molecular formula is C21H23N5O2S. The average molecular weight is 410 g/mol. The Hall–Kier alpha value is -2.84. The van der Waals surface area contributed by atoms with Crippen LogP contribution in [0.15, 0.2) is 59.9 Å². The number of rotatable bonds is 5. The Morgan fingerprint density at radius 2 is 1.93 bits per heavy atom. The summed E-state index contributed by atoms with van der Waals surface area (Å²) in [4.78, 5) is 13.4. The number of nitrogens with one attached hydrogen (secondary N) is 1. The Balaban J connectivity index is 1.63. The lowest BCUT2D eigenvalue weighted by Crippen LogP contribution is -2.31. The largest absolute Gasteiger partial charge is 0.324 e. The summed E-state index contributed by atoms with van der Waals surface area (Å²) in [5.41, 5.74) is 2.67. The highest BCUT2D eigenvalue weighted by molar-refractivity contribution is 7.89. The molecule has 0 bridgehead atoms. The molecule has 7 nitrogen and oxygen atoms in total. The van der Waals surface area contributed by atoms with Crippen LogP contribution in [-0.4, -0.2) is 34.2 Å². The highest BCUT2D eigenvalue weighted by Crippen LogP contribution is 2.36. The van der Waals surface area contributed by atoms with E-state index in [1.54, 1.807) is 35.0 Å². The van der Waals surface area contributed by atoms with Crippen molar-refractivity contribution < 1.29 is 8.42 Å². The molecule has 1 aromatic carbocycles. The number of nitrogens with zero attached hydrogens (tertiary/aromatic N) is 4. The Morgan fingerprint density at radius 1 is 1.07 bits per heavy atom. The van der Waals surface area contributed by atoms with Crippen LogP contribution in [0.4, 0.5) is 11.6 Å². The van der Waals surface area contributed by atoms with E-state index in [1.165, 1.54) is 0 Å². The monoisotopic (exact) mass is 409 g/mol. The number of sulfonamides is 1. The second-order valence-corrected chi connectivity index (χ2v) is 9.08. The number of pyridine rings is 1. The summed E-state index contributed by atoms with van der Waals surface area (Å²) < 4.78 is 28.2. The fourth-order valence-electron chi connectivity index (χ4n) is 3.50. The van der Waals surface area contributed by atoms with Crippen LogP contribution in [-0.2, 0) is 10.0 Å². The van der Waals surface area contributed by atoms with Crippen molar-refractivity contribution in [2.24, 2.45) is 0 Å². The lowest BCUT2D eigenvalue weighted by atomic mass is 10.1. The van der Waals surface area contributed by atoms with Crippen molar-refractivity contribution in [3.8, 4) is 0 Å². The van der Waals surface area contributed by atoms with Crippen LogP contribution in [0.25, 0.3) is 0 Å². The minimum absolute atomic E-state index is 0.322. The van der Waals surface area contributed by atoms with Gasteiger partial charge in [-0.15, -0.1) is 0 Å². The van der Waals surface area contributed by atoms with E-state index in [0.29, 0.717) is 35.2 Å². The van der Waals surface area contributed by atoms with Gasteiger partial charge in [-0.25, -0.2) is 18.4 Å². The maximum Gasteiger partial charge on any atom is 0.243 e. The summed E-state index contributed by atoms with van der Waals surface area (Å²) >= 11 is 0. The predicted molar refractivity (Wildman–Crippen MR) is 111 cm³/mol. The molecule has 1 aliphatic heterocycles. The number of benzene rings is 1. The summed E-state index contributed by atoms with van der Waals surface area (Å²) in [6.07, 6.45) is 6.44. The number of anilines is 2. The Kier molecular flexibility index (Phi) is 5.29. The van der Waals surface area contributed by atoms with Gasteiger partial charge in [-0.1, -0.05) is 12.1 Å². The van der Waals surface area contributed by atoms with E-state index in [9.17, 15) is 8.42 Å². The van der Waals surface area contributed by atoms with Gasteiger partial charge in [0.2, 0.25) is 10.0 Å². The molecule has 4 rings (SSSR count). The Morgan fingerprint density at radius 3 is 2.69 bits per heavy atom. The topological polar surface area (TPSA) is 88.1 Å². The molecule has 150 valence electrons. The molecule has 0 unspecified atom stereocenters. The lowest BCUT2D eigenvalue weighted by Gasteiger charge is -2.24. The number of aromatic nitrogens is 3. The van der Waals surface area contributed by atoms with Gasteiger partial charge in [0.25, 0.3) is 0 Å². The van der Waals surface area contributed by atoms with Crippen molar-refractivity contribution >= 4 is 21.7 Å². The van der Waals surface area contributed by atoms with Crippen LogP contribution < -0.4 is 5.32 Å². The molecule has 2 aromatic heterocycles. The molecule has 1 fully saturated rings.